The molecule has 834 valence electrons. The van der Waals surface area contributed by atoms with Crippen molar-refractivity contribution in [1.82, 2.24) is 106 Å². The molecule has 2 aliphatic rings. The zero-order valence-corrected chi connectivity index (χ0v) is 89.8. The SMILES string of the molecule is CC(=O)N[C@@H](C)C(=O)N[C@@H](C)C(=O)N[C@H](C(=O)N[C@@H](C)C(=O)N[C@@H](CC(C)C)C(=O)N[C@@H](CC(C)C)C(=O)N1CCC[C@H]1C(=O)N[C@@H](C)C(=O)N[C@H](C(=O)N[C@@H](CC(C)C)C(=O)N[C@@H](CC(C)C)C(=O)N[C@@H](C)C(=O)N[C@@H](CC(C)C)C(=O)N[C@@H](CC(C)C)C(=O)N[C@@H](C)C(=O)N1CCC[C@H]1C(=O)N[C@@H](Cc1ccc(O)cc1)C(=O)N[C@H](C(=O)N[C@@H](C)C(=O)N[C@H](C=O)CC(=O)O)C(C)C)C(C)C)C(C)C.O=C(O)C(F)(F)F. The summed E-state index contributed by atoms with van der Waals surface area (Å²) in [4.78, 5) is 313. The van der Waals surface area contributed by atoms with Crippen LogP contribution in [0.1, 0.15) is 256 Å². The van der Waals surface area contributed by atoms with Crippen LogP contribution in [-0.2, 0) is 117 Å². The van der Waals surface area contributed by atoms with Gasteiger partial charge in [0.05, 0.1) is 12.5 Å². The van der Waals surface area contributed by atoms with E-state index in [0.29, 0.717) is 18.4 Å². The molecule has 0 bridgehead atoms. The van der Waals surface area contributed by atoms with Crippen molar-refractivity contribution in [2.45, 2.75) is 384 Å². The summed E-state index contributed by atoms with van der Waals surface area (Å²) in [6.45, 7) is 42.3. The highest BCUT2D eigenvalue weighted by atomic mass is 19.4. The lowest BCUT2D eigenvalue weighted by Gasteiger charge is -2.32. The van der Waals surface area contributed by atoms with Crippen LogP contribution in [0.25, 0.3) is 0 Å². The van der Waals surface area contributed by atoms with Gasteiger partial charge in [0, 0.05) is 26.4 Å². The summed E-state index contributed by atoms with van der Waals surface area (Å²) < 4.78 is 31.7. The van der Waals surface area contributed by atoms with Gasteiger partial charge in [0.2, 0.25) is 118 Å². The van der Waals surface area contributed by atoms with Crippen molar-refractivity contribution < 1.29 is 139 Å². The molecule has 0 aliphatic carbocycles. The quantitative estimate of drug-likeness (QED) is 0.0391. The van der Waals surface area contributed by atoms with Crippen molar-refractivity contribution in [3.05, 3.63) is 29.8 Å². The number of halogens is 3. The summed E-state index contributed by atoms with van der Waals surface area (Å²) >= 11 is 0. The standard InChI is InChI=1S/C97H160N20O24.C2HF3O2/c1-46(2)37-66(85(129)100-57(21)81(125)106-68(39-48(5)6)87(131)109-67(38-47(3)4)86(130)104-61(25)96(140)116-35-27-30-74(116)92(136)110-71(43-63-31-33-65(120)34-32-63)90(134)115-77(53(15)16)94(138)102-56(20)80(124)105-64(45-118)44-75(121)122)108-88(132)70(41-50(9)10)111-95(139)78(54(17)18)114-84(128)60(24)101-91(135)73-29-28-36-117(73)97(141)72(42-51(11)12)112-89(133)69(40-49(7)8)107-82(126)58(22)103-93(137)76(52(13)14)113-83(127)59(23)99-79(123)55(19)98-62(26)119;3-2(4,5)1(6)7/h31-34,45-61,64,66-74,76-78,120H,27-30,35-44H2,1-26H3,(H,98,119)(H,99,123)(H,100,129)(H,101,135)(H,102,138)(H,103,137)(H,104,130)(H,105,124)(H,106,125)(H,107,126)(H,108,132)(H,109,131)(H,110,136)(H,111,139)(H,112,133)(H,113,127)(H,114,128)(H,115,134)(H,121,122);(H,6,7)/t55-,56-,57-,58-,59-,60-,61-,64-,66-,67-,68-,69-,70-,71-,72-,73-,74-,76-,77-,78-;/m0./s1. The highest BCUT2D eigenvalue weighted by Gasteiger charge is 2.45. The minimum absolute atomic E-state index is 0.0307. The lowest BCUT2D eigenvalue weighted by molar-refractivity contribution is -0.192. The third kappa shape index (κ3) is 45.7. The van der Waals surface area contributed by atoms with Crippen LogP contribution >= 0.6 is 0 Å². The van der Waals surface area contributed by atoms with Crippen LogP contribution in [0.4, 0.5) is 13.2 Å². The third-order valence-electron chi connectivity index (χ3n) is 23.9. The largest absolute Gasteiger partial charge is 0.508 e. The normalized spacial score (nSPS) is 17.2. The Bertz CT molecular complexity index is 4750. The number of likely N-dealkylation sites (tertiary alicyclic amines) is 2. The number of phenols is 1. The van der Waals surface area contributed by atoms with Crippen LogP contribution in [-0.4, -0.2) is 302 Å². The Morgan fingerprint density at radius 3 is 0.919 bits per heavy atom. The van der Waals surface area contributed by atoms with Gasteiger partial charge in [-0.25, -0.2) is 4.79 Å². The fourth-order valence-electron chi connectivity index (χ4n) is 16.0. The molecule has 0 saturated carbocycles. The summed E-state index contributed by atoms with van der Waals surface area (Å²) in [5, 5.41) is 73.6. The van der Waals surface area contributed by atoms with Crippen molar-refractivity contribution in [1.29, 1.82) is 0 Å². The molecule has 2 aliphatic heterocycles. The first-order valence-electron chi connectivity index (χ1n) is 50.3. The minimum atomic E-state index is -5.08. The molecule has 2 heterocycles. The van der Waals surface area contributed by atoms with Crippen molar-refractivity contribution in [3.8, 4) is 5.75 Å². The maximum Gasteiger partial charge on any atom is 0.490 e. The molecule has 20 amide bonds. The number of carbonyl (C=O) groups is 23. The van der Waals surface area contributed by atoms with Crippen LogP contribution in [0.3, 0.4) is 0 Å². The Morgan fingerprint density at radius 2 is 0.581 bits per heavy atom. The summed E-state index contributed by atoms with van der Waals surface area (Å²) in [5.41, 5.74) is 0.463. The number of nitrogens with zero attached hydrogens (tertiary/aromatic N) is 2. The van der Waals surface area contributed by atoms with E-state index in [-0.39, 0.29) is 118 Å². The van der Waals surface area contributed by atoms with Crippen molar-refractivity contribution in [3.63, 3.8) is 0 Å². The van der Waals surface area contributed by atoms with Gasteiger partial charge in [0.15, 0.2) is 0 Å². The Labute approximate surface area is 862 Å². The molecule has 3 rings (SSSR count). The summed E-state index contributed by atoms with van der Waals surface area (Å²) in [7, 11) is 0. The average molecular weight is 2100 g/mol. The number of rotatable bonds is 57. The van der Waals surface area contributed by atoms with E-state index in [1.165, 1.54) is 89.5 Å². The average Bonchev–Trinajstić information content (AvgIpc) is 1.63. The van der Waals surface area contributed by atoms with Crippen molar-refractivity contribution >= 4 is 136 Å². The van der Waals surface area contributed by atoms with Gasteiger partial charge < -0.3 is 126 Å². The number of benzene rings is 1. The molecule has 1 aromatic rings. The van der Waals surface area contributed by atoms with E-state index in [2.05, 4.69) is 95.7 Å². The van der Waals surface area contributed by atoms with Gasteiger partial charge in [-0.3, -0.25) is 101 Å². The van der Waals surface area contributed by atoms with Crippen molar-refractivity contribution in [2.75, 3.05) is 13.1 Å². The molecular formula is C99H161F3N20O26. The van der Waals surface area contributed by atoms with E-state index in [4.69, 9.17) is 15.0 Å². The zero-order chi connectivity index (χ0) is 113. The topological polar surface area (TPSA) is 676 Å². The van der Waals surface area contributed by atoms with Gasteiger partial charge in [0.25, 0.3) is 0 Å². The molecule has 20 atom stereocenters. The molecule has 0 spiro atoms. The van der Waals surface area contributed by atoms with Gasteiger partial charge in [0.1, 0.15) is 127 Å². The Morgan fingerprint density at radius 1 is 0.324 bits per heavy atom. The number of carbonyl (C=O) groups excluding carboxylic acids is 21. The number of carboxylic acid groups (broad SMARTS) is 2. The van der Waals surface area contributed by atoms with Crippen LogP contribution in [0.2, 0.25) is 0 Å². The number of hydrogen-bond acceptors (Lipinski definition) is 24. The number of nitrogens with one attached hydrogen (secondary N) is 18. The Hall–Kier alpha value is -13.2. The number of phenolic OH excluding ortho intramolecular Hbond substituents is 1. The van der Waals surface area contributed by atoms with Gasteiger partial charge in [-0.1, -0.05) is 137 Å². The van der Waals surface area contributed by atoms with E-state index >= 15 is 0 Å². The summed E-state index contributed by atoms with van der Waals surface area (Å²) in [6.07, 6.45) is -4.45. The fraction of sp³-hybridized carbons (Fsp3) is 0.707. The number of alkyl halides is 3. The first kappa shape index (κ1) is 131. The third-order valence-corrected chi connectivity index (χ3v) is 23.9. The molecule has 0 radical (unpaired) electrons. The lowest BCUT2D eigenvalue weighted by atomic mass is 9.98. The van der Waals surface area contributed by atoms with Gasteiger partial charge in [-0.05, 0) is 184 Å². The Kier molecular flexibility index (Phi) is 55.0. The predicted molar refractivity (Wildman–Crippen MR) is 535 cm³/mol. The summed E-state index contributed by atoms with van der Waals surface area (Å²) in [5.74, 6) is -22.4. The molecule has 0 unspecified atom stereocenters. The van der Waals surface area contributed by atoms with Crippen LogP contribution in [0.5, 0.6) is 5.75 Å². The highest BCUT2D eigenvalue weighted by Crippen LogP contribution is 2.25. The molecular weight excluding hydrogens is 1940 g/mol. The second-order valence-corrected chi connectivity index (χ2v) is 41.6. The number of hydrogen-bond donors (Lipinski definition) is 21. The van der Waals surface area contributed by atoms with Crippen LogP contribution < -0.4 is 95.7 Å². The first-order chi connectivity index (χ1) is 68.5. The van der Waals surface area contributed by atoms with E-state index in [1.54, 1.807) is 96.9 Å². The van der Waals surface area contributed by atoms with Crippen molar-refractivity contribution in [2.24, 2.45) is 53.3 Å². The van der Waals surface area contributed by atoms with E-state index < -0.39 is 281 Å². The predicted octanol–water partition coefficient (Wildman–Crippen LogP) is 0.354. The minimum Gasteiger partial charge on any atom is -0.508 e. The van der Waals surface area contributed by atoms with Gasteiger partial charge in [-0.2, -0.15) is 13.2 Å². The number of carboxylic acids is 2. The molecule has 49 heteroatoms. The number of aldehydes is 1. The molecule has 1 aromatic carbocycles. The smallest absolute Gasteiger partial charge is 0.490 e. The van der Waals surface area contributed by atoms with Gasteiger partial charge >= 0.3 is 18.1 Å². The zero-order valence-electron chi connectivity index (χ0n) is 89.8. The van der Waals surface area contributed by atoms with E-state index in [9.17, 15) is 124 Å². The van der Waals surface area contributed by atoms with E-state index in [0.717, 1.165) is 0 Å². The summed E-state index contributed by atoms with van der Waals surface area (Å²) in [6, 6.07) is -19.5. The van der Waals surface area contributed by atoms with Gasteiger partial charge in [-0.15, -0.1) is 0 Å². The number of aliphatic carboxylic acids is 2. The maximum atomic E-state index is 14.7. The fourth-order valence-corrected chi connectivity index (χ4v) is 16.0. The number of aromatic hydroxyl groups is 1. The van der Waals surface area contributed by atoms with Crippen LogP contribution in [0.15, 0.2) is 24.3 Å². The van der Waals surface area contributed by atoms with E-state index in [1.807, 2.05) is 27.7 Å². The Balaban J connectivity index is 0.0000102. The second-order valence-electron chi connectivity index (χ2n) is 41.6. The molecule has 148 heavy (non-hydrogen) atoms. The molecule has 0 aromatic heterocycles. The second kappa shape index (κ2) is 62.2. The van der Waals surface area contributed by atoms with Crippen LogP contribution in [0, 0.1) is 53.3 Å². The molecule has 21 N–H and O–H groups in total. The number of amides is 20. The molecule has 46 nitrogen and oxygen atoms in total. The molecule has 2 fully saturated rings. The molecule has 2 saturated heterocycles. The maximum absolute atomic E-state index is 14.7. The lowest BCUT2D eigenvalue weighted by Crippen LogP contribution is -2.61. The highest BCUT2D eigenvalue weighted by molar-refractivity contribution is 6.03. The monoisotopic (exact) mass is 2100 g/mol. The first-order valence-corrected chi connectivity index (χ1v) is 50.3.